The van der Waals surface area contributed by atoms with Crippen LogP contribution >= 0.6 is 0 Å². The second kappa shape index (κ2) is 6.78. The summed E-state index contributed by atoms with van der Waals surface area (Å²) >= 11 is 0. The first-order valence-corrected chi connectivity index (χ1v) is 10.1. The first-order valence-electron chi connectivity index (χ1n) is 10.1. The summed E-state index contributed by atoms with van der Waals surface area (Å²) in [7, 11) is 0. The van der Waals surface area contributed by atoms with E-state index in [2.05, 4.69) is 84.9 Å². The van der Waals surface area contributed by atoms with Crippen molar-refractivity contribution in [1.82, 2.24) is 9.97 Å². The molecule has 0 aliphatic heterocycles. The van der Waals surface area contributed by atoms with Gasteiger partial charge in [-0.1, -0.05) is 91.0 Å². The van der Waals surface area contributed by atoms with E-state index in [1.54, 1.807) is 0 Å². The highest BCUT2D eigenvalue weighted by Crippen LogP contribution is 2.36. The molecule has 0 amide bonds. The van der Waals surface area contributed by atoms with E-state index in [-0.39, 0.29) is 0 Å². The van der Waals surface area contributed by atoms with Crippen molar-refractivity contribution < 1.29 is 0 Å². The van der Waals surface area contributed by atoms with Crippen LogP contribution in [0.15, 0.2) is 109 Å². The zero-order chi connectivity index (χ0) is 19.9. The normalized spacial score (nSPS) is 11.3. The van der Waals surface area contributed by atoms with Crippen molar-refractivity contribution in [2.45, 2.75) is 0 Å². The largest absolute Gasteiger partial charge is 0.246 e. The highest BCUT2D eigenvalue weighted by molar-refractivity contribution is 6.22. The van der Waals surface area contributed by atoms with Crippen molar-refractivity contribution in [3.05, 3.63) is 109 Å². The molecule has 0 aliphatic carbocycles. The van der Waals surface area contributed by atoms with Gasteiger partial charge in [0.1, 0.15) is 0 Å². The Balaban J connectivity index is 1.71. The third-order valence-electron chi connectivity index (χ3n) is 5.65. The van der Waals surface area contributed by atoms with Gasteiger partial charge < -0.3 is 0 Å². The van der Waals surface area contributed by atoms with Gasteiger partial charge in [0.2, 0.25) is 0 Å². The maximum atomic E-state index is 5.05. The molecule has 2 nitrogen and oxygen atoms in total. The maximum absolute atomic E-state index is 5.05. The zero-order valence-electron chi connectivity index (χ0n) is 16.3. The van der Waals surface area contributed by atoms with Crippen molar-refractivity contribution in [3.63, 3.8) is 0 Å². The Labute approximate surface area is 174 Å². The van der Waals surface area contributed by atoms with Crippen molar-refractivity contribution >= 4 is 32.4 Å². The molecule has 2 heteroatoms. The second-order valence-electron chi connectivity index (χ2n) is 7.46. The fraction of sp³-hybridized carbons (Fsp3) is 0. The molecule has 0 radical (unpaired) electrons. The molecule has 6 aromatic rings. The molecule has 0 atom stereocenters. The summed E-state index contributed by atoms with van der Waals surface area (Å²) in [5.74, 6) is 0. The lowest BCUT2D eigenvalue weighted by Gasteiger charge is -2.13. The number of aromatic nitrogens is 2. The third-order valence-corrected chi connectivity index (χ3v) is 5.65. The lowest BCUT2D eigenvalue weighted by molar-refractivity contribution is 1.29. The minimum absolute atomic E-state index is 0.891. The topological polar surface area (TPSA) is 25.8 Å². The molecule has 2 aromatic heterocycles. The minimum atomic E-state index is 0.891. The van der Waals surface area contributed by atoms with Crippen LogP contribution in [0, 0.1) is 0 Å². The number of rotatable bonds is 2. The van der Waals surface area contributed by atoms with E-state index in [9.17, 15) is 0 Å². The van der Waals surface area contributed by atoms with E-state index in [0.29, 0.717) is 0 Å². The van der Waals surface area contributed by atoms with Crippen LogP contribution in [0.4, 0.5) is 0 Å². The van der Waals surface area contributed by atoms with E-state index in [1.807, 2.05) is 24.3 Å². The predicted octanol–water partition coefficient (Wildman–Crippen LogP) is 7.27. The molecule has 0 aliphatic rings. The monoisotopic (exact) mass is 382 g/mol. The van der Waals surface area contributed by atoms with Gasteiger partial charge in [-0.05, 0) is 29.0 Å². The van der Waals surface area contributed by atoms with Crippen LogP contribution in [-0.2, 0) is 0 Å². The smallest absolute Gasteiger partial charge is 0.0972 e. The van der Waals surface area contributed by atoms with Crippen molar-refractivity contribution in [2.75, 3.05) is 0 Å². The quantitative estimate of drug-likeness (QED) is 0.294. The van der Waals surface area contributed by atoms with Gasteiger partial charge in [0.15, 0.2) is 0 Å². The van der Waals surface area contributed by atoms with E-state index in [1.165, 1.54) is 21.5 Å². The molecule has 0 bridgehead atoms. The second-order valence-corrected chi connectivity index (χ2v) is 7.46. The van der Waals surface area contributed by atoms with Crippen LogP contribution in [0.5, 0.6) is 0 Å². The van der Waals surface area contributed by atoms with E-state index in [0.717, 1.165) is 33.5 Å². The van der Waals surface area contributed by atoms with Gasteiger partial charge in [-0.3, -0.25) is 0 Å². The van der Waals surface area contributed by atoms with Gasteiger partial charge in [-0.15, -0.1) is 0 Å². The maximum Gasteiger partial charge on any atom is 0.0972 e. The van der Waals surface area contributed by atoms with Crippen molar-refractivity contribution in [3.8, 4) is 22.6 Å². The summed E-state index contributed by atoms with van der Waals surface area (Å²) in [5.41, 5.74) is 4.87. The molecule has 0 fully saturated rings. The summed E-state index contributed by atoms with van der Waals surface area (Å²) < 4.78 is 0. The van der Waals surface area contributed by atoms with Gasteiger partial charge in [0.25, 0.3) is 0 Å². The Morgan fingerprint density at radius 1 is 0.433 bits per heavy atom. The summed E-state index contributed by atoms with van der Waals surface area (Å²) in [6, 6.07) is 37.7. The van der Waals surface area contributed by atoms with Gasteiger partial charge >= 0.3 is 0 Å². The molecule has 0 saturated heterocycles. The Kier molecular flexibility index (Phi) is 3.82. The number of hydrogen-bond acceptors (Lipinski definition) is 2. The molecule has 0 N–H and O–H groups in total. The van der Waals surface area contributed by atoms with Crippen LogP contribution < -0.4 is 0 Å². The van der Waals surface area contributed by atoms with Gasteiger partial charge in [-0.25, -0.2) is 9.97 Å². The zero-order valence-corrected chi connectivity index (χ0v) is 16.3. The molecule has 30 heavy (non-hydrogen) atoms. The highest BCUT2D eigenvalue weighted by atomic mass is 14.8. The molecular formula is C28H18N2. The van der Waals surface area contributed by atoms with Crippen LogP contribution in [-0.4, -0.2) is 9.97 Å². The third kappa shape index (κ3) is 2.66. The lowest BCUT2D eigenvalue weighted by Crippen LogP contribution is -1.94. The lowest BCUT2D eigenvalue weighted by atomic mass is 9.96. The van der Waals surface area contributed by atoms with Gasteiger partial charge in [0.05, 0.1) is 22.6 Å². The minimum Gasteiger partial charge on any atom is -0.246 e. The Hall–Kier alpha value is -4.04. The molecule has 6 rings (SSSR count). The Bertz CT molecular complexity index is 1520. The molecule has 0 saturated carbocycles. The van der Waals surface area contributed by atoms with E-state index < -0.39 is 0 Å². The van der Waals surface area contributed by atoms with Crippen molar-refractivity contribution in [2.24, 2.45) is 0 Å². The summed E-state index contributed by atoms with van der Waals surface area (Å²) in [4.78, 5) is 10.0. The highest BCUT2D eigenvalue weighted by Gasteiger charge is 2.14. The fourth-order valence-corrected chi connectivity index (χ4v) is 4.25. The summed E-state index contributed by atoms with van der Waals surface area (Å²) in [5, 5.41) is 6.02. The van der Waals surface area contributed by atoms with Gasteiger partial charge in [0, 0.05) is 21.7 Å². The number of nitrogens with zero attached hydrogens (tertiary/aromatic N) is 2. The summed E-state index contributed by atoms with van der Waals surface area (Å²) in [6.45, 7) is 0. The Morgan fingerprint density at radius 3 is 2.07 bits per heavy atom. The number of hydrogen-bond donors (Lipinski definition) is 0. The fourth-order valence-electron chi connectivity index (χ4n) is 4.25. The summed E-state index contributed by atoms with van der Waals surface area (Å²) in [6.07, 6.45) is 0. The molecule has 0 unspecified atom stereocenters. The van der Waals surface area contributed by atoms with Crippen molar-refractivity contribution in [1.29, 1.82) is 0 Å². The van der Waals surface area contributed by atoms with Crippen LogP contribution in [0.2, 0.25) is 0 Å². The molecule has 0 spiro atoms. The average molecular weight is 382 g/mol. The Morgan fingerprint density at radius 2 is 1.17 bits per heavy atom. The SMILES string of the molecule is c1ccc(-c2cccc(-c3nc4ccccc4c4c3ccc3ccccc34)n2)cc1. The average Bonchev–Trinajstić information content (AvgIpc) is 2.84. The van der Waals surface area contributed by atoms with Gasteiger partial charge in [-0.2, -0.15) is 0 Å². The van der Waals surface area contributed by atoms with E-state index in [4.69, 9.17) is 9.97 Å². The number of para-hydroxylation sites is 1. The number of benzene rings is 4. The molecule has 2 heterocycles. The predicted molar refractivity (Wildman–Crippen MR) is 125 cm³/mol. The number of pyridine rings is 2. The first kappa shape index (κ1) is 16.9. The number of fused-ring (bicyclic) bond motifs is 5. The van der Waals surface area contributed by atoms with Crippen LogP contribution in [0.1, 0.15) is 0 Å². The molecule has 4 aromatic carbocycles. The van der Waals surface area contributed by atoms with Crippen LogP contribution in [0.3, 0.4) is 0 Å². The first-order chi connectivity index (χ1) is 14.9. The molecule has 140 valence electrons. The van der Waals surface area contributed by atoms with Crippen LogP contribution in [0.25, 0.3) is 55.1 Å². The van der Waals surface area contributed by atoms with E-state index >= 15 is 0 Å². The molecular weight excluding hydrogens is 364 g/mol. The standard InChI is InChI=1S/C28H18N2/c1-2-10-20(11-3-1)24-15-8-16-26(29-24)28-23-18-17-19-9-4-5-12-21(19)27(23)22-13-6-7-14-25(22)30-28/h1-18H.